The third kappa shape index (κ3) is 10.5. The molecule has 1 aromatic heterocycles. The van der Waals surface area contributed by atoms with Gasteiger partial charge in [-0.15, -0.1) is 11.8 Å². The van der Waals surface area contributed by atoms with Gasteiger partial charge < -0.3 is 31.1 Å². The maximum absolute atomic E-state index is 14.6. The number of rotatable bonds is 14. The molecule has 4 aromatic rings. The zero-order valence-corrected chi connectivity index (χ0v) is 44.9. The molecule has 5 heterocycles. The predicted octanol–water partition coefficient (Wildman–Crippen LogP) is 9.75. The van der Waals surface area contributed by atoms with Crippen LogP contribution in [0, 0.1) is 17.8 Å². The van der Waals surface area contributed by atoms with E-state index in [9.17, 15) is 14.4 Å². The van der Waals surface area contributed by atoms with E-state index in [1.165, 1.54) is 23.2 Å². The van der Waals surface area contributed by atoms with Gasteiger partial charge in [-0.05, 0) is 194 Å². The van der Waals surface area contributed by atoms with Crippen molar-refractivity contribution >= 4 is 57.7 Å². The highest BCUT2D eigenvalue weighted by Crippen LogP contribution is 2.52. The molecule has 2 amide bonds. The van der Waals surface area contributed by atoms with Crippen LogP contribution in [-0.4, -0.2) is 107 Å². The molecule has 73 heavy (non-hydrogen) atoms. The molecule has 0 radical (unpaired) electrons. The average Bonchev–Trinajstić information content (AvgIpc) is 4.01. The van der Waals surface area contributed by atoms with Gasteiger partial charge in [0.25, 0.3) is 5.56 Å². The van der Waals surface area contributed by atoms with Crippen LogP contribution in [0.3, 0.4) is 0 Å². The van der Waals surface area contributed by atoms with Gasteiger partial charge in [0.15, 0.2) is 0 Å². The number of piperidine rings is 2. The molecule has 1 spiro atoms. The summed E-state index contributed by atoms with van der Waals surface area (Å²) in [5.41, 5.74) is 15.1. The molecule has 6 aliphatic rings. The number of fused-ring (bicyclic) bond motifs is 7. The molecular formula is C59H76ClN9O3S. The monoisotopic (exact) mass is 1030 g/mol. The van der Waals surface area contributed by atoms with E-state index in [4.69, 9.17) is 22.3 Å². The molecule has 0 bridgehead atoms. The maximum atomic E-state index is 14.6. The summed E-state index contributed by atoms with van der Waals surface area (Å²) in [6.45, 7) is 11.8. The number of aromatic nitrogens is 2. The summed E-state index contributed by atoms with van der Waals surface area (Å²) < 4.78 is 2.28. The van der Waals surface area contributed by atoms with E-state index in [1.54, 1.807) is 17.8 Å². The number of likely N-dealkylation sites (tertiary alicyclic amines) is 3. The van der Waals surface area contributed by atoms with E-state index in [-0.39, 0.29) is 34.6 Å². The third-order valence-corrected chi connectivity index (χ3v) is 19.1. The lowest BCUT2D eigenvalue weighted by molar-refractivity contribution is -0.141. The van der Waals surface area contributed by atoms with Crippen molar-refractivity contribution in [1.82, 2.24) is 34.9 Å². The molecule has 2 atom stereocenters. The van der Waals surface area contributed by atoms with Gasteiger partial charge in [0.1, 0.15) is 17.9 Å². The van der Waals surface area contributed by atoms with Gasteiger partial charge in [0.05, 0.1) is 32.7 Å². The summed E-state index contributed by atoms with van der Waals surface area (Å²) in [6, 6.07) is 20.2. The van der Waals surface area contributed by atoms with Gasteiger partial charge in [-0.3, -0.25) is 23.9 Å². The lowest BCUT2D eigenvalue weighted by Crippen LogP contribution is -2.55. The normalized spacial score (nSPS) is 23.8. The van der Waals surface area contributed by atoms with Crippen molar-refractivity contribution in [1.29, 1.82) is 0 Å². The molecule has 4 aliphatic heterocycles. The van der Waals surface area contributed by atoms with Crippen molar-refractivity contribution in [2.45, 2.75) is 133 Å². The minimum atomic E-state index is -0.489. The summed E-state index contributed by atoms with van der Waals surface area (Å²) in [6.07, 6.45) is 19.5. The molecular weight excluding hydrogens is 950 g/mol. The Bertz CT molecular complexity index is 2800. The van der Waals surface area contributed by atoms with Crippen molar-refractivity contribution in [3.8, 4) is 5.69 Å². The smallest absolute Gasteiger partial charge is 0.282 e. The van der Waals surface area contributed by atoms with Crippen LogP contribution < -0.4 is 21.9 Å². The number of allylic oxidation sites excluding steroid dienone is 2. The number of hydrogen-bond acceptors (Lipinski definition) is 10. The number of carbonyl (C=O) groups excluding carboxylic acids is 2. The van der Waals surface area contributed by atoms with Crippen LogP contribution in [0.25, 0.3) is 21.5 Å². The molecule has 5 fully saturated rings. The van der Waals surface area contributed by atoms with Crippen molar-refractivity contribution in [2.24, 2.45) is 28.5 Å². The number of hydrogen-bond donors (Lipinski definition) is 3. The standard InChI is InChI=1S/C59H76ClN9O3S/c1-38(62-2)54(73-4)44-19-13-39(14-20-44)35-64-55(70)50-12-9-29-68(50)57(72)53(43-23-30-66(3)31-24-43)63-36-48(61)42-17-15-40(16-18-42)37-67-32-25-41(26-33-67)45-21-22-46-51(34-45)69-49-11-8-10-47(60)52(49)56(71)65-58(69)59(46)27-6-5-7-28-59/h8,10-11,13-14,19-22,34,36,40-43,50,53,63H,2,5-7,9,12,15-18,23-33,35,37,61H2,1,3-4H3,(H,64,70)/b48-36-,54-38-. The molecule has 2 unspecified atom stereocenters. The zero-order chi connectivity index (χ0) is 50.8. The Morgan fingerprint density at radius 3 is 2.38 bits per heavy atom. The first kappa shape index (κ1) is 51.5. The van der Waals surface area contributed by atoms with E-state index in [1.807, 2.05) is 48.5 Å². The SMILES string of the molecule is C=N/C(C)=C(\SC)c1ccc(CNC(=O)C2CCCN2C(=O)C(N/C=C(\N)C2CCC(CN3CCC(c4ccc5c(c4)-n4c(nc(=O)c6c(Cl)cccc64)C54CCCCC4)CC3)CC2)C2CCN(C)CC2)cc1. The van der Waals surface area contributed by atoms with Gasteiger partial charge in [0.2, 0.25) is 11.8 Å². The highest BCUT2D eigenvalue weighted by Gasteiger charge is 2.47. The van der Waals surface area contributed by atoms with Crippen LogP contribution in [-0.2, 0) is 21.5 Å². The van der Waals surface area contributed by atoms with Gasteiger partial charge in [-0.25, -0.2) is 0 Å². The van der Waals surface area contributed by atoms with Crippen molar-refractivity contribution in [3.63, 3.8) is 0 Å². The van der Waals surface area contributed by atoms with Gasteiger partial charge in [-0.1, -0.05) is 73.3 Å². The average molecular weight is 1030 g/mol. The summed E-state index contributed by atoms with van der Waals surface area (Å²) in [5, 5.41) is 7.72. The van der Waals surface area contributed by atoms with Gasteiger partial charge >= 0.3 is 0 Å². The van der Waals surface area contributed by atoms with Crippen LogP contribution in [0.4, 0.5) is 0 Å². The molecule has 2 aliphatic carbocycles. The molecule has 4 N–H and O–H groups in total. The molecule has 10 rings (SSSR count). The number of nitrogens with two attached hydrogens (primary N) is 1. The summed E-state index contributed by atoms with van der Waals surface area (Å²) >= 11 is 8.30. The Balaban J connectivity index is 0.734. The maximum Gasteiger partial charge on any atom is 0.282 e. The number of amides is 2. The minimum absolute atomic E-state index is 0.0131. The Hall–Kier alpha value is -4.95. The lowest BCUT2D eigenvalue weighted by Gasteiger charge is -2.38. The fourth-order valence-corrected chi connectivity index (χ4v) is 14.6. The van der Waals surface area contributed by atoms with Crippen LogP contribution in [0.1, 0.15) is 137 Å². The zero-order valence-electron chi connectivity index (χ0n) is 43.4. The highest BCUT2D eigenvalue weighted by atomic mass is 35.5. The molecule has 3 saturated heterocycles. The Labute approximate surface area is 441 Å². The van der Waals surface area contributed by atoms with Crippen molar-refractivity contribution in [2.75, 3.05) is 52.6 Å². The van der Waals surface area contributed by atoms with E-state index in [0.29, 0.717) is 41.8 Å². The van der Waals surface area contributed by atoms with Crippen LogP contribution in [0.15, 0.2) is 88.0 Å². The van der Waals surface area contributed by atoms with Crippen LogP contribution in [0.5, 0.6) is 0 Å². The minimum Gasteiger partial charge on any atom is -0.401 e. The van der Waals surface area contributed by atoms with Crippen molar-refractivity contribution in [3.05, 3.63) is 122 Å². The Kier molecular flexibility index (Phi) is 15.9. The first-order valence-electron chi connectivity index (χ1n) is 27.3. The summed E-state index contributed by atoms with van der Waals surface area (Å²) in [5.74, 6) is 2.40. The largest absolute Gasteiger partial charge is 0.401 e. The lowest BCUT2D eigenvalue weighted by atomic mass is 9.69. The number of nitrogens with zero attached hydrogens (tertiary/aromatic N) is 6. The number of benzene rings is 3. The second kappa shape index (κ2) is 22.5. The Morgan fingerprint density at radius 2 is 1.67 bits per heavy atom. The number of carbonyl (C=O) groups is 2. The van der Waals surface area contributed by atoms with E-state index in [0.717, 1.165) is 155 Å². The molecule has 3 aromatic carbocycles. The second-order valence-electron chi connectivity index (χ2n) is 22.2. The molecule has 12 nitrogen and oxygen atoms in total. The number of aliphatic imine (C=N–C) groups is 1. The highest BCUT2D eigenvalue weighted by molar-refractivity contribution is 8.07. The Morgan fingerprint density at radius 1 is 0.932 bits per heavy atom. The number of nitrogens with one attached hydrogen (secondary N) is 2. The molecule has 14 heteroatoms. The predicted molar refractivity (Wildman–Crippen MR) is 298 cm³/mol. The first-order chi connectivity index (χ1) is 35.5. The second-order valence-corrected chi connectivity index (χ2v) is 23.5. The molecule has 2 saturated carbocycles. The van der Waals surface area contributed by atoms with Gasteiger partial charge in [0, 0.05) is 36.4 Å². The fraction of sp³-hybridized carbons (Fsp3) is 0.542. The fourth-order valence-electron chi connectivity index (χ4n) is 13.6. The molecule has 388 valence electrons. The quantitative estimate of drug-likeness (QED) is 0.105. The first-order valence-corrected chi connectivity index (χ1v) is 28.9. The van der Waals surface area contributed by atoms with Crippen molar-refractivity contribution < 1.29 is 9.59 Å². The van der Waals surface area contributed by atoms with E-state index < -0.39 is 12.1 Å². The van der Waals surface area contributed by atoms with Crippen LogP contribution in [0.2, 0.25) is 5.02 Å². The third-order valence-electron chi connectivity index (χ3n) is 17.9. The summed E-state index contributed by atoms with van der Waals surface area (Å²) in [7, 11) is 2.14. The van der Waals surface area contributed by atoms with E-state index in [2.05, 4.69) is 74.1 Å². The van der Waals surface area contributed by atoms with Gasteiger partial charge in [-0.2, -0.15) is 4.98 Å². The van der Waals surface area contributed by atoms with Crippen LogP contribution >= 0.6 is 23.4 Å². The number of halogens is 1. The number of thioether (sulfide) groups is 1. The topological polar surface area (TPSA) is 141 Å². The van der Waals surface area contributed by atoms with E-state index >= 15 is 0 Å². The summed E-state index contributed by atoms with van der Waals surface area (Å²) in [4.78, 5) is 58.7.